The fourth-order valence-electron chi connectivity index (χ4n) is 4.53. The molecule has 2 N–H and O–H groups in total. The van der Waals surface area contributed by atoms with Crippen molar-refractivity contribution in [3.05, 3.63) is 0 Å². The smallest absolute Gasteiger partial charge is 0.238 e. The Morgan fingerprint density at radius 1 is 1.30 bits per heavy atom. The van der Waals surface area contributed by atoms with E-state index in [9.17, 15) is 13.2 Å². The standard InChI is InChI=1S/C16H28N2O4S/c1-15(2,3)12(18-23(4,20)21)14(19)17-11-10-6-9-22-13(10)16(11)7-5-8-16/h10-13,18H,5-9H2,1-4H3,(H,17,19)/t10-,11+,12+,13+/m0/s1. The van der Waals surface area contributed by atoms with Crippen LogP contribution in [0.2, 0.25) is 0 Å². The van der Waals surface area contributed by atoms with Crippen molar-refractivity contribution in [2.24, 2.45) is 16.7 Å². The Balaban J connectivity index is 1.74. The van der Waals surface area contributed by atoms with Gasteiger partial charge in [0.15, 0.2) is 0 Å². The molecule has 0 aromatic carbocycles. The van der Waals surface area contributed by atoms with E-state index in [1.165, 1.54) is 6.42 Å². The fraction of sp³-hybridized carbons (Fsp3) is 0.938. The maximum absolute atomic E-state index is 12.8. The van der Waals surface area contributed by atoms with Crippen LogP contribution in [-0.2, 0) is 19.6 Å². The van der Waals surface area contributed by atoms with Crippen molar-refractivity contribution in [1.82, 2.24) is 10.0 Å². The van der Waals surface area contributed by atoms with E-state index in [0.717, 1.165) is 32.1 Å². The molecule has 1 saturated heterocycles. The summed E-state index contributed by atoms with van der Waals surface area (Å²) in [6, 6.07) is -0.640. The van der Waals surface area contributed by atoms with Crippen molar-refractivity contribution in [2.75, 3.05) is 12.9 Å². The van der Waals surface area contributed by atoms with E-state index in [2.05, 4.69) is 10.0 Å². The molecular weight excluding hydrogens is 316 g/mol. The zero-order chi connectivity index (χ0) is 17.0. The molecule has 0 unspecified atom stereocenters. The number of fused-ring (bicyclic) bond motifs is 2. The highest BCUT2D eigenvalue weighted by atomic mass is 32.2. The molecule has 2 aliphatic carbocycles. The van der Waals surface area contributed by atoms with Crippen LogP contribution in [0.3, 0.4) is 0 Å². The lowest BCUT2D eigenvalue weighted by Crippen LogP contribution is -2.73. The van der Waals surface area contributed by atoms with Gasteiger partial charge < -0.3 is 10.1 Å². The Hall–Kier alpha value is -0.660. The van der Waals surface area contributed by atoms with Gasteiger partial charge in [0.05, 0.1) is 12.4 Å². The molecule has 3 aliphatic rings. The van der Waals surface area contributed by atoms with Gasteiger partial charge in [0.2, 0.25) is 15.9 Å². The van der Waals surface area contributed by atoms with Gasteiger partial charge in [-0.05, 0) is 24.7 Å². The first-order chi connectivity index (χ1) is 10.5. The Morgan fingerprint density at radius 3 is 2.43 bits per heavy atom. The van der Waals surface area contributed by atoms with E-state index in [0.29, 0.717) is 5.92 Å². The average Bonchev–Trinajstić information content (AvgIpc) is 2.74. The summed E-state index contributed by atoms with van der Waals surface area (Å²) >= 11 is 0. The molecule has 23 heavy (non-hydrogen) atoms. The first-order valence-electron chi connectivity index (χ1n) is 8.44. The molecule has 1 amide bonds. The third kappa shape index (κ3) is 2.91. The third-order valence-electron chi connectivity index (χ3n) is 5.79. The quantitative estimate of drug-likeness (QED) is 0.798. The third-order valence-corrected chi connectivity index (χ3v) is 6.46. The lowest BCUT2D eigenvalue weighted by molar-refractivity contribution is -0.180. The van der Waals surface area contributed by atoms with Gasteiger partial charge in [0.25, 0.3) is 0 Å². The van der Waals surface area contributed by atoms with Crippen molar-refractivity contribution in [3.8, 4) is 0 Å². The lowest BCUT2D eigenvalue weighted by Gasteiger charge is -2.63. The molecule has 4 atom stereocenters. The molecule has 1 spiro atoms. The molecule has 7 heteroatoms. The molecule has 6 nitrogen and oxygen atoms in total. The van der Waals surface area contributed by atoms with Crippen molar-refractivity contribution >= 4 is 15.9 Å². The Kier molecular flexibility index (Phi) is 4.05. The number of sulfonamides is 1. The molecule has 0 radical (unpaired) electrons. The minimum absolute atomic E-state index is 0.102. The van der Waals surface area contributed by atoms with Crippen molar-refractivity contribution in [2.45, 2.75) is 64.6 Å². The molecule has 1 aliphatic heterocycles. The van der Waals surface area contributed by atoms with Gasteiger partial charge in [-0.3, -0.25) is 4.79 Å². The van der Waals surface area contributed by atoms with Crippen LogP contribution in [0.25, 0.3) is 0 Å². The van der Waals surface area contributed by atoms with Crippen LogP contribution < -0.4 is 10.0 Å². The monoisotopic (exact) mass is 344 g/mol. The molecule has 3 fully saturated rings. The molecule has 3 rings (SSSR count). The van der Waals surface area contributed by atoms with Crippen LogP contribution in [0, 0.1) is 16.7 Å². The number of ether oxygens (including phenoxy) is 1. The van der Waals surface area contributed by atoms with Crippen LogP contribution in [-0.4, -0.2) is 45.4 Å². The number of hydrogen-bond donors (Lipinski definition) is 2. The second-order valence-corrected chi connectivity index (χ2v) is 10.3. The molecule has 2 saturated carbocycles. The van der Waals surface area contributed by atoms with E-state index in [1.807, 2.05) is 20.8 Å². The van der Waals surface area contributed by atoms with E-state index in [1.54, 1.807) is 0 Å². The van der Waals surface area contributed by atoms with E-state index in [-0.39, 0.29) is 23.5 Å². The largest absolute Gasteiger partial charge is 0.377 e. The molecule has 132 valence electrons. The number of amides is 1. The van der Waals surface area contributed by atoms with Gasteiger partial charge in [0, 0.05) is 24.0 Å². The summed E-state index contributed by atoms with van der Waals surface area (Å²) in [5.41, 5.74) is -0.389. The fourth-order valence-corrected chi connectivity index (χ4v) is 5.42. The van der Waals surface area contributed by atoms with Crippen molar-refractivity contribution in [3.63, 3.8) is 0 Å². The summed E-state index contributed by atoms with van der Waals surface area (Å²) in [5, 5.41) is 3.16. The van der Waals surface area contributed by atoms with E-state index in [4.69, 9.17) is 4.74 Å². The van der Waals surface area contributed by atoms with Crippen LogP contribution in [0.15, 0.2) is 0 Å². The first kappa shape index (κ1) is 17.2. The zero-order valence-corrected chi connectivity index (χ0v) is 15.2. The van der Waals surface area contributed by atoms with E-state index >= 15 is 0 Å². The number of carbonyl (C=O) groups excluding carboxylic acids is 1. The maximum Gasteiger partial charge on any atom is 0.238 e. The SMILES string of the molecule is CC(C)(C)[C@H](NS(C)(=O)=O)C(=O)N[C@@H]1[C@@H]2CCO[C@H]2C12CCC2. The minimum Gasteiger partial charge on any atom is -0.377 e. The van der Waals surface area contributed by atoms with Gasteiger partial charge in [0.1, 0.15) is 6.04 Å². The molecule has 0 aromatic heterocycles. The molecular formula is C16H28N2O4S. The predicted molar refractivity (Wildman–Crippen MR) is 87.3 cm³/mol. The summed E-state index contributed by atoms with van der Waals surface area (Å²) in [6.07, 6.45) is 5.74. The van der Waals surface area contributed by atoms with Crippen molar-refractivity contribution in [1.29, 1.82) is 0 Å². The number of rotatable bonds is 4. The topological polar surface area (TPSA) is 84.5 Å². The Bertz CT molecular complexity index is 592. The van der Waals surface area contributed by atoms with Crippen LogP contribution >= 0.6 is 0 Å². The number of hydrogen-bond acceptors (Lipinski definition) is 4. The predicted octanol–water partition coefficient (Wildman–Crippen LogP) is 1.02. The number of carbonyl (C=O) groups is 1. The van der Waals surface area contributed by atoms with Crippen molar-refractivity contribution < 1.29 is 17.9 Å². The highest BCUT2D eigenvalue weighted by molar-refractivity contribution is 7.88. The normalized spacial score (nSPS) is 33.5. The van der Waals surface area contributed by atoms with Gasteiger partial charge in [-0.15, -0.1) is 0 Å². The summed E-state index contributed by atoms with van der Waals surface area (Å²) in [7, 11) is -3.45. The number of nitrogens with one attached hydrogen (secondary N) is 2. The second kappa shape index (κ2) is 5.43. The maximum atomic E-state index is 12.8. The van der Waals surface area contributed by atoms with Crippen LogP contribution in [0.5, 0.6) is 0 Å². The molecule has 0 aromatic rings. The van der Waals surface area contributed by atoms with Crippen LogP contribution in [0.4, 0.5) is 0 Å². The van der Waals surface area contributed by atoms with Crippen LogP contribution in [0.1, 0.15) is 46.5 Å². The molecule has 1 heterocycles. The Labute approximate surface area is 138 Å². The Morgan fingerprint density at radius 2 is 1.96 bits per heavy atom. The van der Waals surface area contributed by atoms with Gasteiger partial charge in [-0.2, -0.15) is 0 Å². The second-order valence-electron chi connectivity index (χ2n) is 8.51. The molecule has 0 bridgehead atoms. The summed E-state index contributed by atoms with van der Waals surface area (Å²) in [4.78, 5) is 12.8. The lowest BCUT2D eigenvalue weighted by atomic mass is 9.46. The minimum atomic E-state index is -3.45. The summed E-state index contributed by atoms with van der Waals surface area (Å²) < 4.78 is 31.6. The van der Waals surface area contributed by atoms with Gasteiger partial charge in [-0.25, -0.2) is 13.1 Å². The highest BCUT2D eigenvalue weighted by Gasteiger charge is 2.67. The van der Waals surface area contributed by atoms with Gasteiger partial charge >= 0.3 is 0 Å². The summed E-state index contributed by atoms with van der Waals surface area (Å²) in [5.74, 6) is 0.169. The zero-order valence-electron chi connectivity index (χ0n) is 14.4. The highest BCUT2D eigenvalue weighted by Crippen LogP contribution is 2.62. The summed E-state index contributed by atoms with van der Waals surface area (Å²) in [6.45, 7) is 6.39. The average molecular weight is 344 g/mol. The van der Waals surface area contributed by atoms with E-state index < -0.39 is 21.5 Å². The first-order valence-corrected chi connectivity index (χ1v) is 10.3. The van der Waals surface area contributed by atoms with Gasteiger partial charge in [-0.1, -0.05) is 27.2 Å².